The molecule has 1 saturated heterocycles. The maximum Gasteiger partial charge on any atom is 0.239 e. The van der Waals surface area contributed by atoms with E-state index >= 15 is 0 Å². The molecule has 3 aliphatic carbocycles. The Morgan fingerprint density at radius 2 is 1.59 bits per heavy atom. The van der Waals surface area contributed by atoms with Crippen LogP contribution in [0.4, 0.5) is 5.69 Å². The summed E-state index contributed by atoms with van der Waals surface area (Å²) in [6.07, 6.45) is 0. The minimum atomic E-state index is -0.814. The second kappa shape index (κ2) is 7.37. The van der Waals surface area contributed by atoms with E-state index in [1.165, 1.54) is 11.8 Å². The van der Waals surface area contributed by atoms with Crippen LogP contribution < -0.4 is 9.64 Å². The molecule has 3 aromatic carbocycles. The Bertz CT molecular complexity index is 1350. The molecule has 1 heterocycles. The molecule has 5 nitrogen and oxygen atoms in total. The van der Waals surface area contributed by atoms with Crippen LogP contribution in [0.15, 0.2) is 66.7 Å². The van der Waals surface area contributed by atoms with Crippen molar-refractivity contribution < 1.29 is 19.1 Å². The van der Waals surface area contributed by atoms with E-state index in [1.807, 2.05) is 43.3 Å². The Hall–Kier alpha value is -3.25. The van der Waals surface area contributed by atoms with Gasteiger partial charge in [0.15, 0.2) is 5.78 Å². The SMILES string of the molecule is CCOc1ccc(C(C)=O)cc1N1C(=O)[C@@H]2[C@@H](C1=O)C1c3ccccc3C2(Br)c2ccccc21. The first kappa shape index (κ1) is 21.3. The molecule has 2 atom stereocenters. The Labute approximate surface area is 205 Å². The van der Waals surface area contributed by atoms with E-state index in [-0.39, 0.29) is 23.5 Å². The summed E-state index contributed by atoms with van der Waals surface area (Å²) in [4.78, 5) is 41.6. The highest BCUT2D eigenvalue weighted by atomic mass is 79.9. The van der Waals surface area contributed by atoms with Crippen LogP contribution in [0.5, 0.6) is 5.75 Å². The molecule has 2 amide bonds. The number of benzene rings is 3. The van der Waals surface area contributed by atoms with Gasteiger partial charge < -0.3 is 4.74 Å². The summed E-state index contributed by atoms with van der Waals surface area (Å²) in [7, 11) is 0. The van der Waals surface area contributed by atoms with Crippen molar-refractivity contribution in [3.8, 4) is 5.75 Å². The Morgan fingerprint density at radius 1 is 0.971 bits per heavy atom. The number of alkyl halides is 1. The molecule has 0 aromatic heterocycles. The highest BCUT2D eigenvalue weighted by Gasteiger charge is 2.67. The normalized spacial score (nSPS) is 26.2. The second-order valence-corrected chi connectivity index (χ2v) is 10.3. The first-order valence-corrected chi connectivity index (χ1v) is 12.2. The number of carbonyl (C=O) groups is 3. The fourth-order valence-corrected chi connectivity index (χ4v) is 7.31. The molecular weight excluding hydrogens is 494 g/mol. The minimum absolute atomic E-state index is 0.141. The second-order valence-electron chi connectivity index (χ2n) is 9.05. The van der Waals surface area contributed by atoms with Crippen LogP contribution >= 0.6 is 15.9 Å². The predicted octanol–water partition coefficient (Wildman–Crippen LogP) is 5.19. The molecule has 0 unspecified atom stereocenters. The third-order valence-electron chi connectivity index (χ3n) is 7.42. The van der Waals surface area contributed by atoms with Crippen LogP contribution in [0, 0.1) is 11.8 Å². The number of carbonyl (C=O) groups excluding carboxylic acids is 3. The monoisotopic (exact) mass is 515 g/mol. The average Bonchev–Trinajstić information content (AvgIpc) is 3.11. The third kappa shape index (κ3) is 2.57. The lowest BCUT2D eigenvalue weighted by molar-refractivity contribution is -0.122. The van der Waals surface area contributed by atoms with E-state index in [0.29, 0.717) is 23.6 Å². The molecule has 7 rings (SSSR count). The number of imide groups is 1. The first-order valence-electron chi connectivity index (χ1n) is 11.4. The summed E-state index contributed by atoms with van der Waals surface area (Å²) in [6.45, 7) is 3.68. The van der Waals surface area contributed by atoms with Crippen molar-refractivity contribution in [1.82, 2.24) is 0 Å². The van der Waals surface area contributed by atoms with Gasteiger partial charge >= 0.3 is 0 Å². The largest absolute Gasteiger partial charge is 0.492 e. The van der Waals surface area contributed by atoms with Crippen LogP contribution in [-0.4, -0.2) is 24.2 Å². The smallest absolute Gasteiger partial charge is 0.239 e. The summed E-state index contributed by atoms with van der Waals surface area (Å²) in [6, 6.07) is 21.1. The van der Waals surface area contributed by atoms with Gasteiger partial charge in [-0.25, -0.2) is 4.90 Å². The lowest BCUT2D eigenvalue weighted by Gasteiger charge is -2.51. The molecule has 3 aromatic rings. The van der Waals surface area contributed by atoms with Gasteiger partial charge in [-0.05, 0) is 54.3 Å². The zero-order chi connectivity index (χ0) is 23.8. The standard InChI is InChI=1S/C28H22BrNO4/c1-3-34-22-13-12-16(15(2)31)14-21(22)30-26(32)24-23-17-8-4-6-10-19(17)28(29,25(24)27(30)33)20-11-7-5-9-18(20)23/h4-14,23-25H,3H2,1-2H3/t23?,24-,25-,28?/m0/s1. The summed E-state index contributed by atoms with van der Waals surface area (Å²) in [5.74, 6) is -1.63. The van der Waals surface area contributed by atoms with Crippen LogP contribution in [0.3, 0.4) is 0 Å². The number of hydrogen-bond acceptors (Lipinski definition) is 4. The van der Waals surface area contributed by atoms with Crippen molar-refractivity contribution in [3.05, 3.63) is 94.5 Å². The minimum Gasteiger partial charge on any atom is -0.492 e. The number of nitrogens with zero attached hydrogens (tertiary/aromatic N) is 1. The van der Waals surface area contributed by atoms with E-state index in [4.69, 9.17) is 4.74 Å². The molecule has 0 saturated carbocycles. The van der Waals surface area contributed by atoms with E-state index in [1.54, 1.807) is 18.2 Å². The van der Waals surface area contributed by atoms with Gasteiger partial charge in [-0.3, -0.25) is 14.4 Å². The average molecular weight is 516 g/mol. The van der Waals surface area contributed by atoms with Gasteiger partial charge in [0.25, 0.3) is 0 Å². The molecule has 2 bridgehead atoms. The number of halogens is 1. The Morgan fingerprint density at radius 3 is 2.18 bits per heavy atom. The van der Waals surface area contributed by atoms with Crippen LogP contribution in [0.1, 0.15) is 52.4 Å². The molecule has 34 heavy (non-hydrogen) atoms. The highest BCUT2D eigenvalue weighted by molar-refractivity contribution is 9.09. The van der Waals surface area contributed by atoms with Gasteiger partial charge in [-0.2, -0.15) is 0 Å². The Balaban J connectivity index is 1.58. The number of hydrogen-bond donors (Lipinski definition) is 0. The maximum atomic E-state index is 14.1. The van der Waals surface area contributed by atoms with Gasteiger partial charge in [-0.1, -0.05) is 64.5 Å². The van der Waals surface area contributed by atoms with E-state index in [9.17, 15) is 14.4 Å². The van der Waals surface area contributed by atoms with Gasteiger partial charge in [0.05, 0.1) is 28.5 Å². The lowest BCUT2D eigenvalue weighted by Crippen LogP contribution is -2.50. The maximum absolute atomic E-state index is 14.1. The molecule has 0 N–H and O–H groups in total. The van der Waals surface area contributed by atoms with E-state index < -0.39 is 16.2 Å². The van der Waals surface area contributed by atoms with Crippen LogP contribution in [0.2, 0.25) is 0 Å². The molecule has 1 fully saturated rings. The zero-order valence-electron chi connectivity index (χ0n) is 18.7. The number of ether oxygens (including phenoxy) is 1. The topological polar surface area (TPSA) is 63.7 Å². The predicted molar refractivity (Wildman–Crippen MR) is 132 cm³/mol. The molecule has 170 valence electrons. The highest BCUT2D eigenvalue weighted by Crippen LogP contribution is 2.66. The van der Waals surface area contributed by atoms with Gasteiger partial charge in [0.2, 0.25) is 11.8 Å². The van der Waals surface area contributed by atoms with E-state index in [0.717, 1.165) is 22.3 Å². The van der Waals surface area contributed by atoms with Crippen molar-refractivity contribution in [2.75, 3.05) is 11.5 Å². The molecule has 1 aliphatic heterocycles. The molecular formula is C28H22BrNO4. The van der Waals surface area contributed by atoms with Gasteiger partial charge in [-0.15, -0.1) is 0 Å². The number of rotatable bonds is 4. The lowest BCUT2D eigenvalue weighted by atomic mass is 9.55. The molecule has 0 spiro atoms. The number of amides is 2. The summed E-state index contributed by atoms with van der Waals surface area (Å²) < 4.78 is 4.97. The van der Waals surface area contributed by atoms with Crippen molar-refractivity contribution in [3.63, 3.8) is 0 Å². The van der Waals surface area contributed by atoms with Crippen molar-refractivity contribution in [2.45, 2.75) is 24.1 Å². The van der Waals surface area contributed by atoms with Crippen molar-refractivity contribution >= 4 is 39.2 Å². The first-order chi connectivity index (χ1) is 16.4. The summed E-state index contributed by atoms with van der Waals surface area (Å²) >= 11 is 4.01. The summed E-state index contributed by atoms with van der Waals surface area (Å²) in [5, 5.41) is 0. The molecule has 4 aliphatic rings. The fraction of sp³-hybridized carbons (Fsp3) is 0.250. The fourth-order valence-electron chi connectivity index (χ4n) is 6.11. The van der Waals surface area contributed by atoms with Crippen molar-refractivity contribution in [1.29, 1.82) is 0 Å². The molecule has 6 heteroatoms. The zero-order valence-corrected chi connectivity index (χ0v) is 20.3. The van der Waals surface area contributed by atoms with Crippen LogP contribution in [0.25, 0.3) is 0 Å². The number of Topliss-reactive ketones (excluding diaryl/α,β-unsaturated/α-hetero) is 1. The molecule has 0 radical (unpaired) electrons. The van der Waals surface area contributed by atoms with Crippen LogP contribution in [-0.2, 0) is 13.9 Å². The number of ketones is 1. The van der Waals surface area contributed by atoms with Gasteiger partial charge in [0, 0.05) is 11.5 Å². The number of anilines is 1. The Kier molecular flexibility index (Phi) is 4.62. The third-order valence-corrected chi connectivity index (χ3v) is 8.77. The van der Waals surface area contributed by atoms with E-state index in [2.05, 4.69) is 28.1 Å². The van der Waals surface area contributed by atoms with Gasteiger partial charge in [0.1, 0.15) is 5.75 Å². The quantitative estimate of drug-likeness (QED) is 0.272. The summed E-state index contributed by atoms with van der Waals surface area (Å²) in [5.41, 5.74) is 4.98. The van der Waals surface area contributed by atoms with Crippen molar-refractivity contribution in [2.24, 2.45) is 11.8 Å².